The number of carboxylic acid groups (broad SMARTS) is 1. The number of halogens is 1. The predicted molar refractivity (Wildman–Crippen MR) is 104 cm³/mol. The van der Waals surface area contributed by atoms with Crippen LogP contribution in [0.4, 0.5) is 0 Å². The first-order valence-electron chi connectivity index (χ1n) is 8.60. The molecule has 1 N–H and O–H groups in total. The van der Waals surface area contributed by atoms with Crippen LogP contribution < -0.4 is 0 Å². The average molecular weight is 404 g/mol. The van der Waals surface area contributed by atoms with Crippen molar-refractivity contribution in [1.82, 2.24) is 4.57 Å². The number of benzene rings is 2. The SMILES string of the molecule is Cc1c(Cc2ccc3c(c2)CCS3(=O)=O)c2cc(Cl)ccc2n1CC(=O)O. The molecule has 0 spiro atoms. The fourth-order valence-corrected chi connectivity index (χ4v) is 5.60. The number of rotatable bonds is 4. The van der Waals surface area contributed by atoms with Gasteiger partial charge in [0.2, 0.25) is 0 Å². The summed E-state index contributed by atoms with van der Waals surface area (Å²) in [4.78, 5) is 11.7. The van der Waals surface area contributed by atoms with Crippen LogP contribution in [0.2, 0.25) is 5.02 Å². The number of fused-ring (bicyclic) bond motifs is 2. The molecule has 0 radical (unpaired) electrons. The number of aryl methyl sites for hydroxylation is 1. The maximum atomic E-state index is 12.0. The highest BCUT2D eigenvalue weighted by molar-refractivity contribution is 7.91. The Balaban J connectivity index is 1.82. The van der Waals surface area contributed by atoms with Crippen molar-refractivity contribution in [3.8, 4) is 0 Å². The Hall–Kier alpha value is -2.31. The van der Waals surface area contributed by atoms with E-state index in [9.17, 15) is 18.3 Å². The Labute approximate surface area is 162 Å². The fourth-order valence-electron chi connectivity index (χ4n) is 3.89. The summed E-state index contributed by atoms with van der Waals surface area (Å²) in [7, 11) is -3.14. The molecule has 1 aliphatic rings. The lowest BCUT2D eigenvalue weighted by molar-refractivity contribution is -0.137. The monoisotopic (exact) mass is 403 g/mol. The van der Waals surface area contributed by atoms with Gasteiger partial charge < -0.3 is 9.67 Å². The summed E-state index contributed by atoms with van der Waals surface area (Å²) in [6.07, 6.45) is 1.12. The largest absolute Gasteiger partial charge is 0.480 e. The van der Waals surface area contributed by atoms with Gasteiger partial charge in [-0.1, -0.05) is 23.7 Å². The molecule has 0 aliphatic carbocycles. The van der Waals surface area contributed by atoms with E-state index in [0.717, 1.165) is 33.3 Å². The third kappa shape index (κ3) is 3.13. The third-order valence-electron chi connectivity index (χ3n) is 5.19. The molecule has 0 unspecified atom stereocenters. The highest BCUT2D eigenvalue weighted by Gasteiger charge is 2.26. The van der Waals surface area contributed by atoms with Crippen molar-refractivity contribution < 1.29 is 18.3 Å². The van der Waals surface area contributed by atoms with Crippen molar-refractivity contribution in [3.05, 3.63) is 63.8 Å². The van der Waals surface area contributed by atoms with Crippen LogP contribution in [-0.2, 0) is 34.0 Å². The smallest absolute Gasteiger partial charge is 0.323 e. The Kier molecular flexibility index (Phi) is 4.28. The van der Waals surface area contributed by atoms with Crippen LogP contribution >= 0.6 is 11.6 Å². The minimum atomic E-state index is -3.14. The number of nitrogens with zero attached hydrogens (tertiary/aromatic N) is 1. The molecule has 0 fully saturated rings. The van der Waals surface area contributed by atoms with E-state index in [0.29, 0.717) is 22.8 Å². The van der Waals surface area contributed by atoms with Gasteiger partial charge in [-0.25, -0.2) is 8.42 Å². The van der Waals surface area contributed by atoms with Crippen LogP contribution in [0, 0.1) is 6.92 Å². The Morgan fingerprint density at radius 3 is 2.74 bits per heavy atom. The molecule has 5 nitrogen and oxygen atoms in total. The van der Waals surface area contributed by atoms with Gasteiger partial charge in [0, 0.05) is 21.6 Å². The molecule has 0 atom stereocenters. The Morgan fingerprint density at radius 1 is 1.22 bits per heavy atom. The molecule has 3 aromatic rings. The number of carbonyl (C=O) groups is 1. The zero-order valence-corrected chi connectivity index (χ0v) is 16.3. The van der Waals surface area contributed by atoms with Gasteiger partial charge in [-0.3, -0.25) is 4.79 Å². The number of sulfone groups is 1. The first-order chi connectivity index (χ1) is 12.8. The van der Waals surface area contributed by atoms with E-state index >= 15 is 0 Å². The van der Waals surface area contributed by atoms with E-state index in [1.165, 1.54) is 0 Å². The summed E-state index contributed by atoms with van der Waals surface area (Å²) in [5.74, 6) is -0.738. The normalized spacial score (nSPS) is 15.2. The molecule has 27 heavy (non-hydrogen) atoms. The fraction of sp³-hybridized carbons (Fsp3) is 0.250. The van der Waals surface area contributed by atoms with Crippen LogP contribution in [0.25, 0.3) is 10.9 Å². The maximum absolute atomic E-state index is 12.0. The Morgan fingerprint density at radius 2 is 2.00 bits per heavy atom. The average Bonchev–Trinajstić information content (AvgIpc) is 3.03. The minimum Gasteiger partial charge on any atom is -0.480 e. The zero-order valence-electron chi connectivity index (χ0n) is 14.7. The van der Waals surface area contributed by atoms with Crippen LogP contribution in [0.15, 0.2) is 41.3 Å². The Bertz CT molecular complexity index is 1190. The number of hydrogen-bond acceptors (Lipinski definition) is 3. The number of aromatic nitrogens is 1. The van der Waals surface area contributed by atoms with Gasteiger partial charge in [-0.15, -0.1) is 0 Å². The van der Waals surface area contributed by atoms with Gasteiger partial charge >= 0.3 is 5.97 Å². The van der Waals surface area contributed by atoms with Crippen molar-refractivity contribution >= 4 is 38.3 Å². The minimum absolute atomic E-state index is 0.119. The van der Waals surface area contributed by atoms with Crippen molar-refractivity contribution in [2.45, 2.75) is 31.2 Å². The topological polar surface area (TPSA) is 76.4 Å². The molecule has 140 valence electrons. The lowest BCUT2D eigenvalue weighted by atomic mass is 10.00. The van der Waals surface area contributed by atoms with E-state index in [4.69, 9.17) is 11.6 Å². The van der Waals surface area contributed by atoms with E-state index in [1.807, 2.05) is 31.2 Å². The highest BCUT2D eigenvalue weighted by atomic mass is 35.5. The van der Waals surface area contributed by atoms with Gasteiger partial charge in [0.15, 0.2) is 9.84 Å². The molecular formula is C20H18ClNO4S. The van der Waals surface area contributed by atoms with E-state index in [-0.39, 0.29) is 12.3 Å². The van der Waals surface area contributed by atoms with Crippen molar-refractivity contribution in [1.29, 1.82) is 0 Å². The molecule has 0 amide bonds. The molecule has 7 heteroatoms. The maximum Gasteiger partial charge on any atom is 0.323 e. The van der Waals surface area contributed by atoms with Gasteiger partial charge in [-0.05, 0) is 60.7 Å². The number of aliphatic carboxylic acids is 1. The molecule has 0 saturated heterocycles. The van der Waals surface area contributed by atoms with Crippen LogP contribution in [-0.4, -0.2) is 29.8 Å². The summed E-state index contributed by atoms with van der Waals surface area (Å²) >= 11 is 6.18. The molecule has 4 rings (SSSR count). The van der Waals surface area contributed by atoms with Crippen LogP contribution in [0.1, 0.15) is 22.4 Å². The first-order valence-corrected chi connectivity index (χ1v) is 10.6. The quantitative estimate of drug-likeness (QED) is 0.722. The molecule has 1 aliphatic heterocycles. The summed E-state index contributed by atoms with van der Waals surface area (Å²) in [6.45, 7) is 1.79. The molecule has 0 bridgehead atoms. The second-order valence-electron chi connectivity index (χ2n) is 6.89. The van der Waals surface area contributed by atoms with Crippen molar-refractivity contribution in [2.24, 2.45) is 0 Å². The summed E-state index contributed by atoms with van der Waals surface area (Å²) in [5, 5.41) is 10.8. The lowest BCUT2D eigenvalue weighted by Crippen LogP contribution is -2.10. The summed E-state index contributed by atoms with van der Waals surface area (Å²) in [5.41, 5.74) is 4.58. The van der Waals surface area contributed by atoms with Gasteiger partial charge in [0.25, 0.3) is 0 Å². The van der Waals surface area contributed by atoms with E-state index < -0.39 is 15.8 Å². The van der Waals surface area contributed by atoms with Crippen LogP contribution in [0.3, 0.4) is 0 Å². The molecule has 1 aromatic heterocycles. The van der Waals surface area contributed by atoms with Crippen molar-refractivity contribution in [3.63, 3.8) is 0 Å². The highest BCUT2D eigenvalue weighted by Crippen LogP contribution is 2.32. The van der Waals surface area contributed by atoms with E-state index in [2.05, 4.69) is 0 Å². The predicted octanol–water partition coefficient (Wildman–Crippen LogP) is 3.61. The zero-order chi connectivity index (χ0) is 19.3. The van der Waals surface area contributed by atoms with Gasteiger partial charge in [-0.2, -0.15) is 0 Å². The molecule has 0 saturated carbocycles. The second kappa shape index (κ2) is 6.39. The molecule has 2 aromatic carbocycles. The van der Waals surface area contributed by atoms with Crippen molar-refractivity contribution in [2.75, 3.05) is 5.75 Å². The van der Waals surface area contributed by atoms with Crippen LogP contribution in [0.5, 0.6) is 0 Å². The molecule has 2 heterocycles. The summed E-state index contributed by atoms with van der Waals surface area (Å²) in [6, 6.07) is 10.9. The number of carboxylic acids is 1. The van der Waals surface area contributed by atoms with E-state index in [1.54, 1.807) is 16.7 Å². The third-order valence-corrected chi connectivity index (χ3v) is 7.24. The van der Waals surface area contributed by atoms with Gasteiger partial charge in [0.05, 0.1) is 10.6 Å². The standard InChI is InChI=1S/C20H18ClNO4S/c1-12-16(9-13-2-5-19-14(8-13)6-7-27(19,25)26)17-10-15(21)3-4-18(17)22(12)11-20(23)24/h2-5,8,10H,6-7,9,11H2,1H3,(H,23,24). The lowest BCUT2D eigenvalue weighted by Gasteiger charge is -2.07. The molecular weight excluding hydrogens is 386 g/mol. The summed E-state index contributed by atoms with van der Waals surface area (Å²) < 4.78 is 25.8. The second-order valence-corrected chi connectivity index (χ2v) is 9.41. The van der Waals surface area contributed by atoms with Gasteiger partial charge in [0.1, 0.15) is 6.54 Å². The number of hydrogen-bond donors (Lipinski definition) is 1. The first kappa shape index (κ1) is 18.1.